The van der Waals surface area contributed by atoms with Gasteiger partial charge in [0.1, 0.15) is 0 Å². The van der Waals surface area contributed by atoms with Crippen molar-refractivity contribution in [2.24, 2.45) is 5.10 Å². The molecule has 0 saturated heterocycles. The van der Waals surface area contributed by atoms with E-state index in [2.05, 4.69) is 10.5 Å². The molecule has 2 aromatic rings. The van der Waals surface area contributed by atoms with Crippen LogP contribution in [0.1, 0.15) is 12.5 Å². The lowest BCUT2D eigenvalue weighted by atomic mass is 10.1. The van der Waals surface area contributed by atoms with Crippen LogP contribution >= 0.6 is 0 Å². The third kappa shape index (κ3) is 4.54. The quantitative estimate of drug-likeness (QED) is 0.479. The molecule has 0 heterocycles. The zero-order valence-electron chi connectivity index (χ0n) is 12.8. The summed E-state index contributed by atoms with van der Waals surface area (Å²) < 4.78 is 5.17. The van der Waals surface area contributed by atoms with Gasteiger partial charge in [-0.15, -0.1) is 0 Å². The first-order valence-corrected chi connectivity index (χ1v) is 6.96. The van der Waals surface area contributed by atoms with E-state index in [4.69, 9.17) is 4.74 Å². The summed E-state index contributed by atoms with van der Waals surface area (Å²) in [4.78, 5) is 21.8. The average molecular weight is 329 g/mol. The van der Waals surface area contributed by atoms with Gasteiger partial charge in [-0.3, -0.25) is 14.9 Å². The maximum atomic E-state index is 11.7. The molecule has 0 aliphatic carbocycles. The number of hydrogen-bond donors (Lipinski definition) is 2. The SMILES string of the molecule is CC(=NNC(=O)COc1ccccc1O)c1ccc([N+](=O)[O-])cc1. The molecule has 0 aromatic heterocycles. The molecule has 0 atom stereocenters. The lowest BCUT2D eigenvalue weighted by Gasteiger charge is -2.07. The van der Waals surface area contributed by atoms with E-state index in [-0.39, 0.29) is 23.8 Å². The Labute approximate surface area is 137 Å². The van der Waals surface area contributed by atoms with Crippen molar-refractivity contribution in [3.8, 4) is 11.5 Å². The molecule has 24 heavy (non-hydrogen) atoms. The highest BCUT2D eigenvalue weighted by Gasteiger charge is 2.07. The predicted octanol–water partition coefficient (Wildman–Crippen LogP) is 2.22. The molecule has 2 rings (SSSR count). The molecule has 0 fully saturated rings. The van der Waals surface area contributed by atoms with Crippen molar-refractivity contribution in [2.45, 2.75) is 6.92 Å². The predicted molar refractivity (Wildman–Crippen MR) is 87.1 cm³/mol. The van der Waals surface area contributed by atoms with Crippen molar-refractivity contribution in [1.82, 2.24) is 5.43 Å². The number of hydrazone groups is 1. The highest BCUT2D eigenvalue weighted by molar-refractivity contribution is 5.99. The average Bonchev–Trinajstić information content (AvgIpc) is 2.59. The molecular formula is C16H15N3O5. The minimum Gasteiger partial charge on any atom is -0.504 e. The van der Waals surface area contributed by atoms with Crippen molar-refractivity contribution < 1.29 is 19.6 Å². The van der Waals surface area contributed by atoms with Gasteiger partial charge >= 0.3 is 0 Å². The van der Waals surface area contributed by atoms with Crippen LogP contribution in [0.15, 0.2) is 53.6 Å². The van der Waals surface area contributed by atoms with E-state index in [1.165, 1.54) is 24.3 Å². The number of non-ortho nitro benzene ring substituents is 1. The van der Waals surface area contributed by atoms with Gasteiger partial charge in [0.05, 0.1) is 10.6 Å². The Bertz CT molecular complexity index is 772. The number of ether oxygens (including phenoxy) is 1. The van der Waals surface area contributed by atoms with Gasteiger partial charge in [0.25, 0.3) is 11.6 Å². The number of nitro groups is 1. The highest BCUT2D eigenvalue weighted by atomic mass is 16.6. The Morgan fingerprint density at radius 1 is 1.25 bits per heavy atom. The number of rotatable bonds is 6. The summed E-state index contributed by atoms with van der Waals surface area (Å²) in [5.74, 6) is -0.362. The molecule has 1 amide bonds. The van der Waals surface area contributed by atoms with Gasteiger partial charge < -0.3 is 9.84 Å². The first-order valence-electron chi connectivity index (χ1n) is 6.96. The molecular weight excluding hydrogens is 314 g/mol. The third-order valence-electron chi connectivity index (χ3n) is 3.07. The summed E-state index contributed by atoms with van der Waals surface area (Å²) >= 11 is 0. The fraction of sp³-hybridized carbons (Fsp3) is 0.125. The molecule has 2 aromatic carbocycles. The van der Waals surface area contributed by atoms with E-state index in [0.29, 0.717) is 11.3 Å². The molecule has 2 N–H and O–H groups in total. The number of nitro benzene ring substituents is 1. The minimum atomic E-state index is -0.500. The number of nitrogens with one attached hydrogen (secondary N) is 1. The van der Waals surface area contributed by atoms with Crippen LogP contribution < -0.4 is 10.2 Å². The summed E-state index contributed by atoms with van der Waals surface area (Å²) in [5, 5.41) is 24.0. The largest absolute Gasteiger partial charge is 0.504 e. The van der Waals surface area contributed by atoms with Gasteiger partial charge in [0.15, 0.2) is 18.1 Å². The number of nitrogens with zero attached hydrogens (tertiary/aromatic N) is 2. The summed E-state index contributed by atoms with van der Waals surface area (Å²) in [6.45, 7) is 1.35. The zero-order chi connectivity index (χ0) is 17.5. The van der Waals surface area contributed by atoms with E-state index in [1.54, 1.807) is 31.2 Å². The lowest BCUT2D eigenvalue weighted by Crippen LogP contribution is -2.25. The molecule has 124 valence electrons. The first-order chi connectivity index (χ1) is 11.5. The van der Waals surface area contributed by atoms with E-state index >= 15 is 0 Å². The van der Waals surface area contributed by atoms with Crippen LogP contribution in [0.25, 0.3) is 0 Å². The van der Waals surface area contributed by atoms with Gasteiger partial charge in [-0.1, -0.05) is 12.1 Å². The molecule has 0 spiro atoms. The number of para-hydroxylation sites is 2. The van der Waals surface area contributed by atoms with E-state index in [9.17, 15) is 20.0 Å². The number of phenols is 1. The summed E-state index contributed by atoms with van der Waals surface area (Å²) in [6, 6.07) is 12.1. The number of aromatic hydroxyl groups is 1. The van der Waals surface area contributed by atoms with Gasteiger partial charge in [0, 0.05) is 12.1 Å². The van der Waals surface area contributed by atoms with Crippen LogP contribution in [0.2, 0.25) is 0 Å². The van der Waals surface area contributed by atoms with E-state index in [1.807, 2.05) is 0 Å². The second-order valence-corrected chi connectivity index (χ2v) is 4.79. The second kappa shape index (κ2) is 7.73. The van der Waals surface area contributed by atoms with Crippen LogP contribution in [0.4, 0.5) is 5.69 Å². The van der Waals surface area contributed by atoms with Gasteiger partial charge in [-0.05, 0) is 36.8 Å². The van der Waals surface area contributed by atoms with Crippen molar-refractivity contribution in [1.29, 1.82) is 0 Å². The van der Waals surface area contributed by atoms with Crippen LogP contribution in [-0.2, 0) is 4.79 Å². The summed E-state index contributed by atoms with van der Waals surface area (Å²) in [7, 11) is 0. The Kier molecular flexibility index (Phi) is 5.45. The van der Waals surface area contributed by atoms with Gasteiger partial charge in [0.2, 0.25) is 0 Å². The fourth-order valence-electron chi connectivity index (χ4n) is 1.79. The Morgan fingerprint density at radius 2 is 1.92 bits per heavy atom. The maximum Gasteiger partial charge on any atom is 0.277 e. The van der Waals surface area contributed by atoms with Crippen molar-refractivity contribution in [3.05, 3.63) is 64.2 Å². The lowest BCUT2D eigenvalue weighted by molar-refractivity contribution is -0.384. The Morgan fingerprint density at radius 3 is 2.54 bits per heavy atom. The molecule has 0 radical (unpaired) electrons. The zero-order valence-corrected chi connectivity index (χ0v) is 12.8. The summed E-state index contributed by atoms with van der Waals surface area (Å²) in [6.07, 6.45) is 0. The smallest absolute Gasteiger partial charge is 0.277 e. The molecule has 0 aliphatic rings. The van der Waals surface area contributed by atoms with E-state index < -0.39 is 10.8 Å². The molecule has 0 bridgehead atoms. The summed E-state index contributed by atoms with van der Waals surface area (Å²) in [5.41, 5.74) is 3.42. The van der Waals surface area contributed by atoms with Crippen molar-refractivity contribution in [3.63, 3.8) is 0 Å². The first kappa shape index (κ1) is 16.9. The highest BCUT2D eigenvalue weighted by Crippen LogP contribution is 2.23. The molecule has 8 heteroatoms. The monoisotopic (exact) mass is 329 g/mol. The standard InChI is InChI=1S/C16H15N3O5/c1-11(12-6-8-13(9-7-12)19(22)23)17-18-16(21)10-24-15-5-3-2-4-14(15)20/h2-9,20H,10H2,1H3,(H,18,21). The number of amides is 1. The topological polar surface area (TPSA) is 114 Å². The minimum absolute atomic E-state index is 0.0216. The Balaban J connectivity index is 1.90. The third-order valence-corrected chi connectivity index (χ3v) is 3.07. The number of carbonyl (C=O) groups is 1. The van der Waals surface area contributed by atoms with Crippen molar-refractivity contribution in [2.75, 3.05) is 6.61 Å². The van der Waals surface area contributed by atoms with Crippen molar-refractivity contribution >= 4 is 17.3 Å². The number of carbonyl (C=O) groups excluding carboxylic acids is 1. The molecule has 0 saturated carbocycles. The fourth-order valence-corrected chi connectivity index (χ4v) is 1.79. The number of benzene rings is 2. The molecule has 0 unspecified atom stereocenters. The maximum absolute atomic E-state index is 11.7. The second-order valence-electron chi connectivity index (χ2n) is 4.79. The normalized spacial score (nSPS) is 11.0. The van der Waals surface area contributed by atoms with Crippen LogP contribution in [0.5, 0.6) is 11.5 Å². The molecule has 0 aliphatic heterocycles. The van der Waals surface area contributed by atoms with Crippen LogP contribution in [0.3, 0.4) is 0 Å². The molecule has 8 nitrogen and oxygen atoms in total. The van der Waals surface area contributed by atoms with Gasteiger partial charge in [-0.25, -0.2) is 5.43 Å². The van der Waals surface area contributed by atoms with Crippen LogP contribution in [0, 0.1) is 10.1 Å². The number of phenolic OH excluding ortho intramolecular Hbond substituents is 1. The number of hydrogen-bond acceptors (Lipinski definition) is 6. The van der Waals surface area contributed by atoms with E-state index in [0.717, 1.165) is 0 Å². The van der Waals surface area contributed by atoms with Crippen LogP contribution in [-0.4, -0.2) is 28.3 Å². The van der Waals surface area contributed by atoms with Gasteiger partial charge in [-0.2, -0.15) is 5.10 Å². The Hall–Kier alpha value is -3.42.